The average molecular weight is 667 g/mol. The molecule has 11 heteroatoms. The van der Waals surface area contributed by atoms with Crippen LogP contribution in [0.25, 0.3) is 12.2 Å². The van der Waals surface area contributed by atoms with Gasteiger partial charge < -0.3 is 47.7 Å². The highest BCUT2D eigenvalue weighted by molar-refractivity contribution is 6.15. The van der Waals surface area contributed by atoms with E-state index in [2.05, 4.69) is 9.80 Å². The SMILES string of the molecule is CN1CCOCCOCCOCCOc2cc(/C=C3\CC/C(=C\c4ccc5c(c4)OCCOCCOCCOCCN5C)C3=O)ccc21. The van der Waals surface area contributed by atoms with Crippen molar-refractivity contribution in [1.82, 2.24) is 0 Å². The summed E-state index contributed by atoms with van der Waals surface area (Å²) in [6.45, 7) is 8.62. The number of ketones is 1. The second-order valence-electron chi connectivity index (χ2n) is 11.8. The van der Waals surface area contributed by atoms with Crippen LogP contribution in [0.2, 0.25) is 0 Å². The molecule has 3 aliphatic rings. The van der Waals surface area contributed by atoms with Crippen LogP contribution in [0.5, 0.6) is 11.5 Å². The van der Waals surface area contributed by atoms with Crippen molar-refractivity contribution in [2.24, 2.45) is 0 Å². The van der Waals surface area contributed by atoms with E-state index in [0.717, 1.165) is 45.1 Å². The van der Waals surface area contributed by atoms with E-state index in [9.17, 15) is 4.79 Å². The number of anilines is 2. The molecule has 2 heterocycles. The maximum absolute atomic E-state index is 13.6. The molecule has 0 saturated heterocycles. The fraction of sp³-hybridized carbons (Fsp3) is 0.541. The number of nitrogens with zero attached hydrogens (tertiary/aromatic N) is 2. The van der Waals surface area contributed by atoms with E-state index in [1.54, 1.807) is 0 Å². The van der Waals surface area contributed by atoms with Crippen molar-refractivity contribution in [1.29, 1.82) is 0 Å². The molecule has 1 aliphatic carbocycles. The molecule has 2 aromatic rings. The van der Waals surface area contributed by atoms with Gasteiger partial charge in [0.2, 0.25) is 0 Å². The third-order valence-electron chi connectivity index (χ3n) is 8.32. The molecule has 2 aliphatic heterocycles. The maximum Gasteiger partial charge on any atom is 0.185 e. The Morgan fingerprint density at radius 2 is 0.854 bits per heavy atom. The van der Waals surface area contributed by atoms with E-state index in [0.29, 0.717) is 118 Å². The number of carbonyl (C=O) groups is 1. The number of carbonyl (C=O) groups excluding carboxylic acids is 1. The Balaban J connectivity index is 1.29. The number of benzene rings is 2. The standard InChI is InChI=1S/C37H50N2O9/c1-38-9-11-41-13-15-43-17-19-45-21-23-47-35-27-29(3-7-33(35)38)25-31-5-6-32(37(31)40)26-30-4-8-34-36(28-30)48-24-22-46-20-18-44-16-14-42-12-10-39(34)2/h3-4,7-8,25-28H,5-6,9-24H2,1-2H3/b31-25+,32-26+. The minimum absolute atomic E-state index is 0.0684. The molecule has 262 valence electrons. The smallest absolute Gasteiger partial charge is 0.185 e. The molecule has 5 rings (SSSR count). The molecule has 0 N–H and O–H groups in total. The molecule has 1 fully saturated rings. The summed E-state index contributed by atoms with van der Waals surface area (Å²) < 4.78 is 46.1. The number of rotatable bonds is 2. The molecule has 1 saturated carbocycles. The summed E-state index contributed by atoms with van der Waals surface area (Å²) in [5.41, 5.74) is 5.34. The monoisotopic (exact) mass is 666 g/mol. The van der Waals surface area contributed by atoms with Crippen LogP contribution in [0.1, 0.15) is 24.0 Å². The first-order chi connectivity index (χ1) is 23.6. The summed E-state index contributed by atoms with van der Waals surface area (Å²) in [6.07, 6.45) is 5.33. The molecule has 11 nitrogen and oxygen atoms in total. The Hall–Kier alpha value is -3.45. The fourth-order valence-electron chi connectivity index (χ4n) is 5.63. The lowest BCUT2D eigenvalue weighted by Gasteiger charge is -2.23. The molecule has 0 spiro atoms. The first-order valence-corrected chi connectivity index (χ1v) is 17.0. The van der Waals surface area contributed by atoms with E-state index in [1.165, 1.54) is 0 Å². The van der Waals surface area contributed by atoms with Crippen LogP contribution in [-0.4, -0.2) is 125 Å². The van der Waals surface area contributed by atoms with E-state index >= 15 is 0 Å². The minimum Gasteiger partial charge on any atom is -0.489 e. The number of Topliss-reactive ketones (excluding diaryl/α,β-unsaturated/α-hetero) is 1. The van der Waals surface area contributed by atoms with Crippen molar-refractivity contribution < 1.29 is 42.7 Å². The second kappa shape index (κ2) is 19.5. The normalized spacial score (nSPS) is 22.0. The number of likely N-dealkylation sites (N-methyl/N-ethyl adjacent to an activating group) is 2. The van der Waals surface area contributed by atoms with E-state index < -0.39 is 0 Å². The van der Waals surface area contributed by atoms with Gasteiger partial charge in [0, 0.05) is 38.3 Å². The van der Waals surface area contributed by atoms with Crippen LogP contribution in [0.4, 0.5) is 11.4 Å². The third kappa shape index (κ3) is 11.0. The Kier molecular flexibility index (Phi) is 14.6. The average Bonchev–Trinajstić information content (AvgIpc) is 3.41. The van der Waals surface area contributed by atoms with Crippen LogP contribution in [0.3, 0.4) is 0 Å². The fourth-order valence-corrected chi connectivity index (χ4v) is 5.63. The summed E-state index contributed by atoms with van der Waals surface area (Å²) in [7, 11) is 4.04. The molecule has 0 aromatic heterocycles. The highest BCUT2D eigenvalue weighted by Crippen LogP contribution is 2.35. The zero-order valence-electron chi connectivity index (χ0n) is 28.4. The van der Waals surface area contributed by atoms with Crippen molar-refractivity contribution in [3.05, 3.63) is 58.7 Å². The lowest BCUT2D eigenvalue weighted by atomic mass is 10.1. The Labute approximate surface area is 284 Å². The minimum atomic E-state index is 0.0684. The summed E-state index contributed by atoms with van der Waals surface area (Å²) in [4.78, 5) is 17.8. The highest BCUT2D eigenvalue weighted by Gasteiger charge is 2.24. The predicted octanol–water partition coefficient (Wildman–Crippen LogP) is 4.27. The van der Waals surface area contributed by atoms with Crippen molar-refractivity contribution in [3.8, 4) is 11.5 Å². The quantitative estimate of drug-likeness (QED) is 0.430. The van der Waals surface area contributed by atoms with E-state index in [-0.39, 0.29) is 5.78 Å². The van der Waals surface area contributed by atoms with Crippen molar-refractivity contribution >= 4 is 29.3 Å². The van der Waals surface area contributed by atoms with E-state index in [1.807, 2.05) is 62.6 Å². The lowest BCUT2D eigenvalue weighted by molar-refractivity contribution is -0.111. The van der Waals surface area contributed by atoms with Gasteiger partial charge in [0.05, 0.1) is 90.7 Å². The lowest BCUT2D eigenvalue weighted by Crippen LogP contribution is -2.24. The van der Waals surface area contributed by atoms with Crippen LogP contribution >= 0.6 is 0 Å². The molecule has 0 unspecified atom stereocenters. The van der Waals surface area contributed by atoms with Gasteiger partial charge >= 0.3 is 0 Å². The van der Waals surface area contributed by atoms with Crippen molar-refractivity contribution in [2.45, 2.75) is 12.8 Å². The first kappa shape index (κ1) is 35.8. The van der Waals surface area contributed by atoms with Gasteiger partial charge in [0.15, 0.2) is 5.78 Å². The van der Waals surface area contributed by atoms with Gasteiger partial charge in [-0.3, -0.25) is 4.79 Å². The molecule has 0 radical (unpaired) electrons. The van der Waals surface area contributed by atoms with Gasteiger partial charge in [0.1, 0.15) is 24.7 Å². The van der Waals surface area contributed by atoms with Crippen LogP contribution in [0.15, 0.2) is 47.5 Å². The van der Waals surface area contributed by atoms with Gasteiger partial charge in [-0.15, -0.1) is 0 Å². The van der Waals surface area contributed by atoms with Crippen molar-refractivity contribution in [3.63, 3.8) is 0 Å². The first-order valence-electron chi connectivity index (χ1n) is 17.0. The van der Waals surface area contributed by atoms with Crippen LogP contribution in [0, 0.1) is 0 Å². The zero-order valence-corrected chi connectivity index (χ0v) is 28.4. The molecule has 48 heavy (non-hydrogen) atoms. The van der Waals surface area contributed by atoms with Gasteiger partial charge in [0.25, 0.3) is 0 Å². The molecule has 0 bridgehead atoms. The van der Waals surface area contributed by atoms with Gasteiger partial charge in [-0.1, -0.05) is 12.1 Å². The molecule has 2 aromatic carbocycles. The summed E-state index contributed by atoms with van der Waals surface area (Å²) in [5.74, 6) is 1.57. The highest BCUT2D eigenvalue weighted by atomic mass is 16.6. The summed E-state index contributed by atoms with van der Waals surface area (Å²) in [6, 6.07) is 12.1. The Bertz CT molecular complexity index is 1280. The number of allylic oxidation sites excluding steroid dienone is 2. The Morgan fingerprint density at radius 1 is 0.500 bits per heavy atom. The second-order valence-corrected chi connectivity index (χ2v) is 11.8. The number of ether oxygens (including phenoxy) is 8. The van der Waals surface area contributed by atoms with Gasteiger partial charge in [-0.25, -0.2) is 0 Å². The number of fused-ring (bicyclic) bond motifs is 2. The largest absolute Gasteiger partial charge is 0.489 e. The zero-order chi connectivity index (χ0) is 33.4. The third-order valence-corrected chi connectivity index (χ3v) is 8.32. The van der Waals surface area contributed by atoms with Gasteiger partial charge in [-0.05, 0) is 60.4 Å². The van der Waals surface area contributed by atoms with Crippen molar-refractivity contribution in [2.75, 3.05) is 129 Å². The van der Waals surface area contributed by atoms with Crippen LogP contribution in [-0.2, 0) is 33.2 Å². The van der Waals surface area contributed by atoms with E-state index in [4.69, 9.17) is 37.9 Å². The van der Waals surface area contributed by atoms with Gasteiger partial charge in [-0.2, -0.15) is 0 Å². The predicted molar refractivity (Wildman–Crippen MR) is 186 cm³/mol. The topological polar surface area (TPSA) is 97.4 Å². The molecular formula is C37H50N2O9. The Morgan fingerprint density at radius 3 is 1.25 bits per heavy atom. The summed E-state index contributed by atoms with van der Waals surface area (Å²) >= 11 is 0. The maximum atomic E-state index is 13.6. The number of hydrogen-bond acceptors (Lipinski definition) is 11. The van der Waals surface area contributed by atoms with Crippen LogP contribution < -0.4 is 19.3 Å². The molecular weight excluding hydrogens is 616 g/mol. The molecule has 0 amide bonds. The molecule has 0 atom stereocenters. The number of hydrogen-bond donors (Lipinski definition) is 0. The summed E-state index contributed by atoms with van der Waals surface area (Å²) in [5, 5.41) is 0.